The summed E-state index contributed by atoms with van der Waals surface area (Å²) in [7, 11) is 0. The highest BCUT2D eigenvalue weighted by Gasteiger charge is 2.70. The molecule has 0 aromatic rings. The fourth-order valence-corrected chi connectivity index (χ4v) is 14.3. The molecule has 18 nitrogen and oxygen atoms in total. The molecule has 3 saturated heterocycles. The highest BCUT2D eigenvalue weighted by Crippen LogP contribution is 2.75. The van der Waals surface area contributed by atoms with Crippen molar-refractivity contribution >= 4 is 0 Å². The molecule has 18 heteroatoms. The second-order valence-corrected chi connectivity index (χ2v) is 23.3. The fourth-order valence-electron chi connectivity index (χ4n) is 14.3. The van der Waals surface area contributed by atoms with Gasteiger partial charge in [-0.15, -0.1) is 0 Å². The summed E-state index contributed by atoms with van der Waals surface area (Å²) in [6.45, 7) is 16.8. The Morgan fingerprint density at radius 2 is 1.24 bits per heavy atom. The zero-order valence-electron chi connectivity index (χ0n) is 40.9. The number of rotatable bonds is 14. The lowest BCUT2D eigenvalue weighted by atomic mass is 9.38. The van der Waals surface area contributed by atoms with Crippen molar-refractivity contribution in [2.45, 2.75) is 236 Å². The maximum Gasteiger partial charge on any atom is 0.187 e. The Labute approximate surface area is 395 Å². The topological polar surface area (TPSA) is 298 Å². The molecule has 0 aromatic carbocycles. The van der Waals surface area contributed by atoms with E-state index in [0.29, 0.717) is 25.7 Å². The Kier molecular flexibility index (Phi) is 15.9. The van der Waals surface area contributed by atoms with E-state index in [1.807, 2.05) is 0 Å². The first-order valence-corrected chi connectivity index (χ1v) is 24.9. The standard InChI is InChI=1S/C49H84O18/c1-10-26-33(54)35(56)38(59)42(62-26)66-40-28(21-51)64-43(39(60)37(40)58)67-41-36(57)34(55)27(20-50)63-44(41)65-32(46(5,6)61)16-11-22(2)23-17-18-47(7)29-14-12-24-25(13-15-30(52)45(24,3)4)49(29,9)31(53)19-48(23,47)8/h12,22-23,25-44,50-61H,10-11,13-21H2,1-9H3/t22-,23?,25?,26+,27-,28+,29?,30+,31-,32-,33+,34-,35-,36+,37+,38+,39+,40+,41-,42-,43-,44+,47+,48-,49+/m1/s1. The summed E-state index contributed by atoms with van der Waals surface area (Å²) < 4.78 is 35.8. The lowest BCUT2D eigenvalue weighted by molar-refractivity contribution is -0.388. The Morgan fingerprint density at radius 1 is 0.672 bits per heavy atom. The van der Waals surface area contributed by atoms with E-state index in [2.05, 4.69) is 47.6 Å². The third-order valence-electron chi connectivity index (χ3n) is 18.9. The van der Waals surface area contributed by atoms with Crippen LogP contribution >= 0.6 is 0 Å². The Bertz CT molecular complexity index is 1710. The second kappa shape index (κ2) is 19.8. The van der Waals surface area contributed by atoms with E-state index < -0.39 is 129 Å². The van der Waals surface area contributed by atoms with Gasteiger partial charge < -0.3 is 89.7 Å². The van der Waals surface area contributed by atoms with Crippen molar-refractivity contribution in [3.05, 3.63) is 11.6 Å². The van der Waals surface area contributed by atoms with Crippen molar-refractivity contribution in [2.75, 3.05) is 13.2 Å². The average molecular weight is 961 g/mol. The van der Waals surface area contributed by atoms with Crippen LogP contribution in [0.4, 0.5) is 0 Å². The summed E-state index contributed by atoms with van der Waals surface area (Å²) >= 11 is 0. The molecule has 3 heterocycles. The molecule has 4 aliphatic carbocycles. The molecule has 25 atom stereocenters. The zero-order chi connectivity index (χ0) is 49.5. The van der Waals surface area contributed by atoms with Crippen molar-refractivity contribution in [3.8, 4) is 0 Å². The van der Waals surface area contributed by atoms with Gasteiger partial charge in [-0.1, -0.05) is 60.1 Å². The van der Waals surface area contributed by atoms with Crippen LogP contribution in [0, 0.1) is 45.3 Å². The van der Waals surface area contributed by atoms with Gasteiger partial charge in [0.05, 0.1) is 43.2 Å². The average Bonchev–Trinajstić information content (AvgIpc) is 3.54. The molecule has 0 radical (unpaired) electrons. The molecule has 7 aliphatic rings. The molecule has 6 fully saturated rings. The molecule has 3 aliphatic heterocycles. The van der Waals surface area contributed by atoms with Crippen molar-refractivity contribution < 1.29 is 89.7 Å². The summed E-state index contributed by atoms with van der Waals surface area (Å²) in [5.41, 5.74) is -1.16. The van der Waals surface area contributed by atoms with Crippen LogP contribution < -0.4 is 0 Å². The minimum atomic E-state index is -1.94. The smallest absolute Gasteiger partial charge is 0.187 e. The van der Waals surface area contributed by atoms with Gasteiger partial charge in [0.1, 0.15) is 67.1 Å². The summed E-state index contributed by atoms with van der Waals surface area (Å²) in [5.74, 6) is 0.786. The molecule has 7 rings (SSSR count). The van der Waals surface area contributed by atoms with Gasteiger partial charge in [-0.2, -0.15) is 0 Å². The SMILES string of the molecule is CC[C@@H]1O[C@H](O[C@@H]2[C@@H](O)[C@H](O)[C@@H](O[C@H]3[C@H](O[C@H](CC[C@@H](C)C4CC[C@@]5(C)C6CC=C7C(CC[C@H](O)C7(C)C)[C@]6(C)[C@H](O)C[C@]45C)C(C)(C)O)O[C@H](CO)[C@@H](O)[C@@H]3O)O[C@H]2CO)[C@@H](O)[C@H](O)[C@H]1O. The van der Waals surface area contributed by atoms with E-state index in [1.165, 1.54) is 5.57 Å². The molecular formula is C49H84O18. The summed E-state index contributed by atoms with van der Waals surface area (Å²) in [6, 6.07) is 0. The van der Waals surface area contributed by atoms with Crippen LogP contribution in [0.3, 0.4) is 0 Å². The van der Waals surface area contributed by atoms with Crippen molar-refractivity contribution in [1.29, 1.82) is 0 Å². The van der Waals surface area contributed by atoms with Crippen molar-refractivity contribution in [3.63, 3.8) is 0 Å². The van der Waals surface area contributed by atoms with Gasteiger partial charge in [-0.05, 0) is 106 Å². The molecule has 12 N–H and O–H groups in total. The van der Waals surface area contributed by atoms with Gasteiger partial charge in [0, 0.05) is 10.8 Å². The summed E-state index contributed by atoms with van der Waals surface area (Å²) in [6.07, 6.45) is -17.5. The Hall–Kier alpha value is -0.980. The molecule has 0 bridgehead atoms. The van der Waals surface area contributed by atoms with Crippen molar-refractivity contribution in [1.82, 2.24) is 0 Å². The predicted octanol–water partition coefficient (Wildman–Crippen LogP) is 0.362. The number of allylic oxidation sites excluding steroid dienone is 1. The van der Waals surface area contributed by atoms with Crippen LogP contribution in [0.15, 0.2) is 11.6 Å². The van der Waals surface area contributed by atoms with E-state index in [0.717, 1.165) is 25.7 Å². The Balaban J connectivity index is 1.06. The molecule has 388 valence electrons. The number of fused-ring (bicyclic) bond motifs is 5. The number of aliphatic hydroxyl groups is 12. The van der Waals surface area contributed by atoms with Crippen LogP contribution in [0.1, 0.15) is 120 Å². The van der Waals surface area contributed by atoms with E-state index in [9.17, 15) is 61.3 Å². The maximum atomic E-state index is 12.4. The van der Waals surface area contributed by atoms with E-state index in [1.54, 1.807) is 20.8 Å². The number of aliphatic hydroxyl groups excluding tert-OH is 11. The fraction of sp³-hybridized carbons (Fsp3) is 0.959. The van der Waals surface area contributed by atoms with Gasteiger partial charge in [0.2, 0.25) is 0 Å². The number of hydrogen-bond acceptors (Lipinski definition) is 18. The molecular weight excluding hydrogens is 877 g/mol. The highest BCUT2D eigenvalue weighted by molar-refractivity contribution is 5.31. The zero-order valence-corrected chi connectivity index (χ0v) is 40.9. The van der Waals surface area contributed by atoms with Crippen LogP contribution in [-0.4, -0.2) is 191 Å². The van der Waals surface area contributed by atoms with Gasteiger partial charge in [-0.25, -0.2) is 0 Å². The minimum Gasteiger partial charge on any atom is -0.394 e. The highest BCUT2D eigenvalue weighted by atomic mass is 16.8. The maximum absolute atomic E-state index is 12.4. The quantitative estimate of drug-likeness (QED) is 0.105. The predicted molar refractivity (Wildman–Crippen MR) is 238 cm³/mol. The lowest BCUT2D eigenvalue weighted by Crippen LogP contribution is -2.66. The first kappa shape index (κ1) is 53.8. The van der Waals surface area contributed by atoms with Gasteiger partial charge in [-0.3, -0.25) is 0 Å². The third kappa shape index (κ3) is 9.15. The van der Waals surface area contributed by atoms with Gasteiger partial charge in [0.15, 0.2) is 18.9 Å². The van der Waals surface area contributed by atoms with Crippen LogP contribution in [-0.2, 0) is 28.4 Å². The normalized spacial score (nSPS) is 51.0. The molecule has 3 unspecified atom stereocenters. The third-order valence-corrected chi connectivity index (χ3v) is 18.9. The lowest BCUT2D eigenvalue weighted by Gasteiger charge is -2.67. The summed E-state index contributed by atoms with van der Waals surface area (Å²) in [5, 5.41) is 132. The first-order chi connectivity index (χ1) is 31.2. The van der Waals surface area contributed by atoms with Crippen LogP contribution in [0.5, 0.6) is 0 Å². The van der Waals surface area contributed by atoms with E-state index in [4.69, 9.17) is 28.4 Å². The molecule has 0 aromatic heterocycles. The monoisotopic (exact) mass is 961 g/mol. The van der Waals surface area contributed by atoms with Gasteiger partial charge in [0.25, 0.3) is 0 Å². The van der Waals surface area contributed by atoms with Crippen LogP contribution in [0.25, 0.3) is 0 Å². The largest absolute Gasteiger partial charge is 0.394 e. The van der Waals surface area contributed by atoms with Gasteiger partial charge >= 0.3 is 0 Å². The minimum absolute atomic E-state index is 0.0688. The number of hydrogen-bond donors (Lipinski definition) is 12. The first-order valence-electron chi connectivity index (χ1n) is 24.9. The molecule has 0 amide bonds. The second-order valence-electron chi connectivity index (χ2n) is 23.3. The van der Waals surface area contributed by atoms with E-state index >= 15 is 0 Å². The molecule has 3 saturated carbocycles. The van der Waals surface area contributed by atoms with E-state index in [-0.39, 0.29) is 51.8 Å². The summed E-state index contributed by atoms with van der Waals surface area (Å²) in [4.78, 5) is 0. The van der Waals surface area contributed by atoms with Crippen LogP contribution in [0.2, 0.25) is 0 Å². The molecule has 0 spiro atoms. The van der Waals surface area contributed by atoms with Crippen molar-refractivity contribution in [2.24, 2.45) is 45.3 Å². The number of ether oxygens (including phenoxy) is 6. The molecule has 67 heavy (non-hydrogen) atoms. The Morgan fingerprint density at radius 3 is 1.85 bits per heavy atom.